The summed E-state index contributed by atoms with van der Waals surface area (Å²) in [5, 5.41) is 0. The second-order valence-electron chi connectivity index (χ2n) is 3.60. The highest BCUT2D eigenvalue weighted by Crippen LogP contribution is 2.24. The fraction of sp³-hybridized carbons (Fsp3) is 0.500. The predicted octanol–water partition coefficient (Wildman–Crippen LogP) is 3.64. The highest BCUT2D eigenvalue weighted by Gasteiger charge is 2.22. The van der Waals surface area contributed by atoms with E-state index in [0.717, 1.165) is 6.92 Å². The zero-order valence-corrected chi connectivity index (χ0v) is 10.7. The van der Waals surface area contributed by atoms with Gasteiger partial charge in [0.15, 0.2) is 23.3 Å². The van der Waals surface area contributed by atoms with Crippen molar-refractivity contribution in [3.05, 3.63) is 34.4 Å². The molecule has 0 radical (unpaired) electrons. The van der Waals surface area contributed by atoms with Crippen molar-refractivity contribution in [2.75, 3.05) is 14.1 Å². The fourth-order valence-electron chi connectivity index (χ4n) is 1.24. The first-order valence-corrected chi connectivity index (χ1v) is 5.32. The molecule has 17 heavy (non-hydrogen) atoms. The number of hydrogen-bond acceptors (Lipinski definition) is 1. The Kier molecular flexibility index (Phi) is 6.16. The molecule has 0 aliphatic rings. The minimum atomic E-state index is -1.33. The smallest absolute Gasteiger partial charge is 0.166 e. The lowest BCUT2D eigenvalue weighted by Gasteiger charge is -2.13. The van der Waals surface area contributed by atoms with E-state index in [1.807, 2.05) is 13.8 Å². The van der Waals surface area contributed by atoms with Crippen LogP contribution in [0.4, 0.5) is 17.6 Å². The van der Waals surface area contributed by atoms with E-state index in [9.17, 15) is 17.6 Å². The van der Waals surface area contributed by atoms with Crippen molar-refractivity contribution in [1.82, 2.24) is 4.90 Å². The van der Waals surface area contributed by atoms with E-state index in [1.54, 1.807) is 14.1 Å². The third kappa shape index (κ3) is 3.43. The van der Waals surface area contributed by atoms with Gasteiger partial charge in [0.25, 0.3) is 0 Å². The molecule has 0 unspecified atom stereocenters. The van der Waals surface area contributed by atoms with Gasteiger partial charge in [-0.15, -0.1) is 0 Å². The Labute approximate surface area is 99.0 Å². The Morgan fingerprint density at radius 1 is 0.824 bits per heavy atom. The van der Waals surface area contributed by atoms with Crippen LogP contribution in [0.5, 0.6) is 0 Å². The van der Waals surface area contributed by atoms with Gasteiger partial charge in [0.1, 0.15) is 0 Å². The molecule has 0 atom stereocenters. The third-order valence-corrected chi connectivity index (χ3v) is 2.05. The van der Waals surface area contributed by atoms with Crippen molar-refractivity contribution in [1.29, 1.82) is 0 Å². The number of rotatable bonds is 2. The van der Waals surface area contributed by atoms with Gasteiger partial charge in [0.2, 0.25) is 0 Å². The summed E-state index contributed by atoms with van der Waals surface area (Å²) < 4.78 is 52.7. The highest BCUT2D eigenvalue weighted by atomic mass is 19.2. The standard InChI is InChI=1S/C10H11F4N.C2H6/c1-5-7(11)9(13)6(4-15(2)3)10(14)8(5)12;1-2/h4H2,1-3H3;1-2H3. The number of halogens is 4. The quantitative estimate of drug-likeness (QED) is 0.573. The summed E-state index contributed by atoms with van der Waals surface area (Å²) in [6, 6.07) is 0. The molecule has 1 rings (SSSR count). The van der Waals surface area contributed by atoms with Gasteiger partial charge in [-0.1, -0.05) is 13.8 Å². The molecule has 0 amide bonds. The van der Waals surface area contributed by atoms with Crippen molar-refractivity contribution >= 4 is 0 Å². The molecule has 98 valence electrons. The Morgan fingerprint density at radius 3 is 1.47 bits per heavy atom. The van der Waals surface area contributed by atoms with Crippen molar-refractivity contribution in [2.45, 2.75) is 27.3 Å². The maximum atomic E-state index is 13.3. The minimum absolute atomic E-state index is 0.189. The van der Waals surface area contributed by atoms with Gasteiger partial charge in [0.05, 0.1) is 0 Å². The molecular formula is C12H17F4N. The molecule has 0 spiro atoms. The lowest BCUT2D eigenvalue weighted by Crippen LogP contribution is -2.16. The molecule has 0 saturated carbocycles. The Balaban J connectivity index is 0.00000121. The molecule has 0 N–H and O–H groups in total. The molecule has 0 bridgehead atoms. The third-order valence-electron chi connectivity index (χ3n) is 2.05. The molecule has 1 aromatic rings. The van der Waals surface area contributed by atoms with Crippen molar-refractivity contribution < 1.29 is 17.6 Å². The molecule has 0 aliphatic carbocycles. The van der Waals surface area contributed by atoms with E-state index >= 15 is 0 Å². The van der Waals surface area contributed by atoms with Crippen LogP contribution in [-0.2, 0) is 6.54 Å². The van der Waals surface area contributed by atoms with Crippen molar-refractivity contribution in [3.8, 4) is 0 Å². The SMILES string of the molecule is CC.Cc1c(F)c(F)c(CN(C)C)c(F)c1F. The summed E-state index contributed by atoms with van der Waals surface area (Å²) in [6.07, 6.45) is 0. The first-order valence-electron chi connectivity index (χ1n) is 5.32. The van der Waals surface area contributed by atoms with Crippen LogP contribution < -0.4 is 0 Å². The topological polar surface area (TPSA) is 3.24 Å². The maximum Gasteiger partial charge on any atom is 0.166 e. The number of benzene rings is 1. The summed E-state index contributed by atoms with van der Waals surface area (Å²) in [7, 11) is 3.10. The normalized spacial score (nSPS) is 10.2. The minimum Gasteiger partial charge on any atom is -0.305 e. The van der Waals surface area contributed by atoms with E-state index in [2.05, 4.69) is 0 Å². The highest BCUT2D eigenvalue weighted by molar-refractivity contribution is 5.28. The largest absolute Gasteiger partial charge is 0.305 e. The summed E-state index contributed by atoms with van der Waals surface area (Å²) in [5.74, 6) is -5.29. The zero-order chi connectivity index (χ0) is 13.7. The Morgan fingerprint density at radius 2 is 1.18 bits per heavy atom. The van der Waals surface area contributed by atoms with E-state index < -0.39 is 34.4 Å². The van der Waals surface area contributed by atoms with Crippen LogP contribution in [0.1, 0.15) is 25.0 Å². The average Bonchev–Trinajstić information content (AvgIpc) is 2.32. The van der Waals surface area contributed by atoms with Gasteiger partial charge < -0.3 is 4.90 Å². The number of hydrogen-bond donors (Lipinski definition) is 0. The summed E-state index contributed by atoms with van der Waals surface area (Å²) >= 11 is 0. The van der Waals surface area contributed by atoms with Gasteiger partial charge in [-0.3, -0.25) is 0 Å². The monoisotopic (exact) mass is 251 g/mol. The maximum absolute atomic E-state index is 13.3. The summed E-state index contributed by atoms with van der Waals surface area (Å²) in [4.78, 5) is 1.43. The fourth-order valence-corrected chi connectivity index (χ4v) is 1.24. The lowest BCUT2D eigenvalue weighted by molar-refractivity contribution is 0.360. The molecule has 0 aromatic heterocycles. The molecule has 0 aliphatic heterocycles. The van der Waals surface area contributed by atoms with Gasteiger partial charge in [-0.05, 0) is 21.0 Å². The van der Waals surface area contributed by atoms with Gasteiger partial charge >= 0.3 is 0 Å². The molecule has 0 heterocycles. The summed E-state index contributed by atoms with van der Waals surface area (Å²) in [6.45, 7) is 4.81. The van der Waals surface area contributed by atoms with Crippen LogP contribution in [0.2, 0.25) is 0 Å². The van der Waals surface area contributed by atoms with Crippen LogP contribution in [0.25, 0.3) is 0 Å². The van der Waals surface area contributed by atoms with Gasteiger partial charge in [0, 0.05) is 17.7 Å². The number of nitrogens with zero attached hydrogens (tertiary/aromatic N) is 1. The van der Waals surface area contributed by atoms with Crippen LogP contribution in [0.15, 0.2) is 0 Å². The van der Waals surface area contributed by atoms with Crippen molar-refractivity contribution in [2.24, 2.45) is 0 Å². The van der Waals surface area contributed by atoms with Crippen LogP contribution in [0, 0.1) is 30.2 Å². The molecule has 5 heteroatoms. The molecule has 1 aromatic carbocycles. The van der Waals surface area contributed by atoms with Gasteiger partial charge in [-0.25, -0.2) is 17.6 Å². The van der Waals surface area contributed by atoms with Gasteiger partial charge in [-0.2, -0.15) is 0 Å². The average molecular weight is 251 g/mol. The molecule has 0 fully saturated rings. The van der Waals surface area contributed by atoms with E-state index in [4.69, 9.17) is 0 Å². The van der Waals surface area contributed by atoms with Crippen LogP contribution in [0.3, 0.4) is 0 Å². The van der Waals surface area contributed by atoms with E-state index in [-0.39, 0.29) is 6.54 Å². The molecular weight excluding hydrogens is 234 g/mol. The second-order valence-corrected chi connectivity index (χ2v) is 3.60. The first kappa shape index (κ1) is 15.9. The van der Waals surface area contributed by atoms with Crippen LogP contribution >= 0.6 is 0 Å². The molecule has 0 saturated heterocycles. The predicted molar refractivity (Wildman–Crippen MR) is 59.8 cm³/mol. The first-order chi connectivity index (χ1) is 7.86. The lowest BCUT2D eigenvalue weighted by atomic mass is 10.1. The van der Waals surface area contributed by atoms with E-state index in [0.29, 0.717) is 0 Å². The molecule has 1 nitrogen and oxygen atoms in total. The Bertz CT molecular complexity index is 360. The van der Waals surface area contributed by atoms with Crippen molar-refractivity contribution in [3.63, 3.8) is 0 Å². The zero-order valence-electron chi connectivity index (χ0n) is 10.7. The van der Waals surface area contributed by atoms with Crippen LogP contribution in [-0.4, -0.2) is 19.0 Å². The second kappa shape index (κ2) is 6.59. The van der Waals surface area contributed by atoms with E-state index in [1.165, 1.54) is 4.90 Å². The Hall–Kier alpha value is -1.10. The summed E-state index contributed by atoms with van der Waals surface area (Å²) in [5.41, 5.74) is -1.21.